The molecule has 0 spiro atoms. The zero-order valence-electron chi connectivity index (χ0n) is 20.2. The summed E-state index contributed by atoms with van der Waals surface area (Å²) < 4.78 is 0. The Morgan fingerprint density at radius 1 is 1.08 bits per heavy atom. The minimum absolute atomic E-state index is 0.258. The topological polar surface area (TPSA) is 125 Å². The highest BCUT2D eigenvalue weighted by Gasteiger charge is 2.49. The van der Waals surface area contributed by atoms with E-state index in [-0.39, 0.29) is 11.8 Å². The minimum atomic E-state index is -1.49. The highest BCUT2D eigenvalue weighted by atomic mass is 35.5. The van der Waals surface area contributed by atoms with Crippen molar-refractivity contribution in [2.24, 2.45) is 4.99 Å². The van der Waals surface area contributed by atoms with Crippen molar-refractivity contribution in [2.75, 3.05) is 18.4 Å². The van der Waals surface area contributed by atoms with E-state index in [4.69, 9.17) is 16.6 Å². The third-order valence-electron chi connectivity index (χ3n) is 6.95. The van der Waals surface area contributed by atoms with Crippen molar-refractivity contribution in [1.29, 1.82) is 5.26 Å². The Morgan fingerprint density at radius 2 is 1.78 bits per heavy atom. The zero-order valence-corrected chi connectivity index (χ0v) is 21.0. The number of amidine groups is 1. The molecule has 188 valence electrons. The number of carbonyl (C=O) groups excluding carboxylic acids is 2. The Kier molecular flexibility index (Phi) is 6.36. The van der Waals surface area contributed by atoms with E-state index >= 15 is 0 Å². The van der Waals surface area contributed by atoms with Gasteiger partial charge in [0.2, 0.25) is 11.6 Å². The fraction of sp³-hybridized carbons (Fsp3) is 0.259. The molecule has 37 heavy (non-hydrogen) atoms. The SMILES string of the molecule is CC(=O)NNC1=NC(C(=O)N2CCC(C#N)(c3ccccc3Cl)CC2)(c2ccccc2)Nc2[nH]ccc21. The maximum absolute atomic E-state index is 14.3. The van der Waals surface area contributed by atoms with Gasteiger partial charge in [0.05, 0.1) is 17.0 Å². The van der Waals surface area contributed by atoms with Gasteiger partial charge >= 0.3 is 0 Å². The lowest BCUT2D eigenvalue weighted by Crippen LogP contribution is -2.57. The Labute approximate surface area is 219 Å². The van der Waals surface area contributed by atoms with E-state index in [0.29, 0.717) is 53.7 Å². The number of piperidine rings is 1. The van der Waals surface area contributed by atoms with E-state index < -0.39 is 11.1 Å². The molecule has 3 aromatic rings. The highest BCUT2D eigenvalue weighted by Crippen LogP contribution is 2.41. The number of fused-ring (bicyclic) bond motifs is 1. The average molecular weight is 516 g/mol. The number of hydrogen-bond acceptors (Lipinski definition) is 6. The van der Waals surface area contributed by atoms with E-state index in [0.717, 1.165) is 5.56 Å². The van der Waals surface area contributed by atoms with Gasteiger partial charge in [0.1, 0.15) is 5.82 Å². The number of H-pyrrole nitrogens is 1. The second kappa shape index (κ2) is 9.64. The summed E-state index contributed by atoms with van der Waals surface area (Å²) in [6, 6.07) is 20.9. The fourth-order valence-electron chi connectivity index (χ4n) is 5.00. The molecule has 2 amide bonds. The van der Waals surface area contributed by atoms with E-state index in [1.165, 1.54) is 6.92 Å². The van der Waals surface area contributed by atoms with Gasteiger partial charge < -0.3 is 15.2 Å². The maximum Gasteiger partial charge on any atom is 0.276 e. The smallest absolute Gasteiger partial charge is 0.276 e. The van der Waals surface area contributed by atoms with Crippen LogP contribution < -0.4 is 16.2 Å². The largest absolute Gasteiger partial charge is 0.348 e. The number of nitrogens with one attached hydrogen (secondary N) is 4. The molecule has 1 atom stereocenters. The number of likely N-dealkylation sites (tertiary alicyclic amines) is 1. The van der Waals surface area contributed by atoms with Crippen LogP contribution in [0.1, 0.15) is 36.5 Å². The number of nitriles is 1. The van der Waals surface area contributed by atoms with Crippen LogP contribution in [0.25, 0.3) is 0 Å². The van der Waals surface area contributed by atoms with E-state index in [1.54, 1.807) is 23.2 Å². The van der Waals surface area contributed by atoms with Gasteiger partial charge in [-0.15, -0.1) is 0 Å². The van der Waals surface area contributed by atoms with Crippen LogP contribution in [0.15, 0.2) is 71.9 Å². The number of hydrogen-bond donors (Lipinski definition) is 4. The quantitative estimate of drug-likeness (QED) is 0.398. The lowest BCUT2D eigenvalue weighted by Gasteiger charge is -2.43. The maximum atomic E-state index is 14.3. The summed E-state index contributed by atoms with van der Waals surface area (Å²) >= 11 is 6.45. The summed E-state index contributed by atoms with van der Waals surface area (Å²) in [5.74, 6) is 0.395. The number of amides is 2. The Balaban J connectivity index is 1.51. The molecule has 1 fully saturated rings. The third-order valence-corrected chi connectivity index (χ3v) is 7.28. The van der Waals surface area contributed by atoms with Crippen molar-refractivity contribution in [3.63, 3.8) is 0 Å². The molecule has 1 unspecified atom stereocenters. The van der Waals surface area contributed by atoms with Crippen molar-refractivity contribution < 1.29 is 9.59 Å². The summed E-state index contributed by atoms with van der Waals surface area (Å²) in [5, 5.41) is 14.0. The lowest BCUT2D eigenvalue weighted by molar-refractivity contribution is -0.137. The molecule has 9 nitrogen and oxygen atoms in total. The first kappa shape index (κ1) is 24.4. The van der Waals surface area contributed by atoms with E-state index in [2.05, 4.69) is 27.2 Å². The van der Waals surface area contributed by atoms with Gasteiger partial charge in [-0.2, -0.15) is 5.26 Å². The first-order valence-corrected chi connectivity index (χ1v) is 12.4. The Hall–Kier alpha value is -4.29. The summed E-state index contributed by atoms with van der Waals surface area (Å²) in [4.78, 5) is 35.7. The molecule has 2 aliphatic rings. The van der Waals surface area contributed by atoms with Crippen LogP contribution in [0.5, 0.6) is 0 Å². The molecule has 10 heteroatoms. The normalized spacial score (nSPS) is 20.0. The predicted molar refractivity (Wildman–Crippen MR) is 141 cm³/mol. The molecule has 2 aromatic carbocycles. The van der Waals surface area contributed by atoms with Crippen LogP contribution in [-0.2, 0) is 20.7 Å². The van der Waals surface area contributed by atoms with Crippen molar-refractivity contribution in [2.45, 2.75) is 30.8 Å². The first-order chi connectivity index (χ1) is 17.9. The second-order valence-corrected chi connectivity index (χ2v) is 9.61. The summed E-state index contributed by atoms with van der Waals surface area (Å²) in [6.07, 6.45) is 2.62. The first-order valence-electron chi connectivity index (χ1n) is 12.0. The fourth-order valence-corrected chi connectivity index (χ4v) is 5.32. The van der Waals surface area contributed by atoms with Crippen molar-refractivity contribution >= 4 is 35.1 Å². The summed E-state index contributed by atoms with van der Waals surface area (Å²) in [6.45, 7) is 2.10. The Bertz CT molecular complexity index is 1400. The van der Waals surface area contributed by atoms with Gasteiger partial charge in [0, 0.05) is 36.8 Å². The van der Waals surface area contributed by atoms with Gasteiger partial charge in [-0.05, 0) is 30.5 Å². The predicted octanol–water partition coefficient (Wildman–Crippen LogP) is 3.42. The van der Waals surface area contributed by atoms with E-state index in [9.17, 15) is 14.9 Å². The molecule has 1 aromatic heterocycles. The van der Waals surface area contributed by atoms with Crippen molar-refractivity contribution in [3.05, 3.63) is 88.6 Å². The molecule has 5 rings (SSSR count). The summed E-state index contributed by atoms with van der Waals surface area (Å²) in [7, 11) is 0. The van der Waals surface area contributed by atoms with Gasteiger partial charge in [0.15, 0.2) is 5.84 Å². The highest BCUT2D eigenvalue weighted by molar-refractivity contribution is 6.31. The number of aromatic nitrogens is 1. The van der Waals surface area contributed by atoms with E-state index in [1.807, 2.05) is 48.5 Å². The Morgan fingerprint density at radius 3 is 2.46 bits per heavy atom. The van der Waals surface area contributed by atoms with Gasteiger partial charge in [0.25, 0.3) is 5.91 Å². The minimum Gasteiger partial charge on any atom is -0.348 e. The van der Waals surface area contributed by atoms with Crippen molar-refractivity contribution in [3.8, 4) is 6.07 Å². The molecular formula is C27H26ClN7O2. The van der Waals surface area contributed by atoms with Crippen LogP contribution >= 0.6 is 11.6 Å². The van der Waals surface area contributed by atoms with Crippen LogP contribution in [0.3, 0.4) is 0 Å². The number of halogens is 1. The number of hydrazine groups is 1. The zero-order chi connectivity index (χ0) is 26.0. The molecule has 4 N–H and O–H groups in total. The van der Waals surface area contributed by atoms with Crippen LogP contribution in [0.2, 0.25) is 5.02 Å². The van der Waals surface area contributed by atoms with Crippen LogP contribution in [-0.4, -0.2) is 40.6 Å². The number of rotatable bonds is 3. The monoisotopic (exact) mass is 515 g/mol. The van der Waals surface area contributed by atoms with Gasteiger partial charge in [-0.25, -0.2) is 4.99 Å². The average Bonchev–Trinajstić information content (AvgIpc) is 3.40. The molecule has 0 saturated carbocycles. The van der Waals surface area contributed by atoms with Gasteiger partial charge in [-0.3, -0.25) is 20.4 Å². The number of benzene rings is 2. The van der Waals surface area contributed by atoms with Crippen LogP contribution in [0.4, 0.5) is 5.82 Å². The second-order valence-electron chi connectivity index (χ2n) is 9.20. The molecule has 3 heterocycles. The van der Waals surface area contributed by atoms with Gasteiger partial charge in [-0.1, -0.05) is 60.1 Å². The molecule has 0 radical (unpaired) electrons. The molecule has 0 bridgehead atoms. The summed E-state index contributed by atoms with van der Waals surface area (Å²) in [5.41, 5.74) is 5.27. The number of carbonyl (C=O) groups is 2. The molecule has 0 aliphatic carbocycles. The molecule has 1 saturated heterocycles. The number of anilines is 1. The lowest BCUT2D eigenvalue weighted by atomic mass is 9.73. The van der Waals surface area contributed by atoms with Crippen LogP contribution in [0, 0.1) is 11.3 Å². The third kappa shape index (κ3) is 4.30. The number of nitrogens with zero attached hydrogens (tertiary/aromatic N) is 3. The molecular weight excluding hydrogens is 490 g/mol. The van der Waals surface area contributed by atoms with Crippen molar-refractivity contribution in [1.82, 2.24) is 20.7 Å². The number of aliphatic imine (C=N–C) groups is 1. The standard InChI is InChI=1S/C27H26ClN7O2/c1-18(36)33-34-24-20-11-14-30-23(20)31-27(32-24,19-7-3-2-4-8-19)25(37)35-15-12-26(17-29,13-16-35)21-9-5-6-10-22(21)28/h2-11,14,30-31H,12-13,15-16H2,1H3,(H,32,34)(H,33,36). The molecule has 2 aliphatic heterocycles. The number of aromatic amines is 1.